The summed E-state index contributed by atoms with van der Waals surface area (Å²) in [5, 5.41) is 0.472. The predicted molar refractivity (Wildman–Crippen MR) is 54.6 cm³/mol. The van der Waals surface area contributed by atoms with Gasteiger partial charge in [-0.2, -0.15) is 4.99 Å². The van der Waals surface area contributed by atoms with Gasteiger partial charge in [-0.1, -0.05) is 32.5 Å². The maximum atomic E-state index is 11.2. The number of rotatable bonds is 2. The van der Waals surface area contributed by atoms with Crippen LogP contribution < -0.4 is 0 Å². The molecule has 0 radical (unpaired) electrons. The molecule has 0 unspecified atom stereocenters. The van der Waals surface area contributed by atoms with Crippen molar-refractivity contribution in [2.45, 2.75) is 20.8 Å². The number of carbonyl (C=O) groups is 1. The normalized spacial score (nSPS) is 19.5. The largest absolute Gasteiger partial charge is 0.428 e. The summed E-state index contributed by atoms with van der Waals surface area (Å²) in [6, 6.07) is 0. The van der Waals surface area contributed by atoms with Crippen molar-refractivity contribution < 1.29 is 9.53 Å². The molecule has 0 fully saturated rings. The second kappa shape index (κ2) is 4.46. The maximum Gasteiger partial charge on any atom is 0.316 e. The summed E-state index contributed by atoms with van der Waals surface area (Å²) in [6.07, 6.45) is 1.79. The third-order valence-corrected chi connectivity index (χ3v) is 2.06. The van der Waals surface area contributed by atoms with E-state index in [0.29, 0.717) is 16.9 Å². The fourth-order valence-electron chi connectivity index (χ4n) is 0.892. The first kappa shape index (κ1) is 10.3. The van der Waals surface area contributed by atoms with Crippen molar-refractivity contribution in [1.82, 2.24) is 0 Å². The summed E-state index contributed by atoms with van der Waals surface area (Å²) in [6.45, 7) is 5.98. The lowest BCUT2D eigenvalue weighted by Crippen LogP contribution is -1.97. The quantitative estimate of drug-likeness (QED) is 0.640. The van der Waals surface area contributed by atoms with Crippen molar-refractivity contribution in [3.8, 4) is 0 Å². The fraction of sp³-hybridized carbons (Fsp3) is 0.556. The Morgan fingerprint density at radius 2 is 2.31 bits per heavy atom. The summed E-state index contributed by atoms with van der Waals surface area (Å²) >= 11 is 1.44. The van der Waals surface area contributed by atoms with Crippen LogP contribution in [0.3, 0.4) is 0 Å². The number of thioether (sulfide) groups is 1. The minimum absolute atomic E-state index is 0.260. The SMILES string of the molecule is CCSC1=NC(=O)/C(=C/C(C)C)O1. The first-order valence-corrected chi connectivity index (χ1v) is 5.27. The average Bonchev–Trinajstić information content (AvgIpc) is 2.31. The van der Waals surface area contributed by atoms with E-state index in [2.05, 4.69) is 4.99 Å². The number of hydrogen-bond donors (Lipinski definition) is 0. The van der Waals surface area contributed by atoms with Crippen LogP contribution in [0, 0.1) is 5.92 Å². The number of carbonyl (C=O) groups excluding carboxylic acids is 1. The van der Waals surface area contributed by atoms with Crippen molar-refractivity contribution >= 4 is 22.9 Å². The van der Waals surface area contributed by atoms with E-state index in [0.717, 1.165) is 5.75 Å². The third-order valence-electron chi connectivity index (χ3n) is 1.35. The topological polar surface area (TPSA) is 38.7 Å². The van der Waals surface area contributed by atoms with Crippen LogP contribution in [-0.4, -0.2) is 16.9 Å². The van der Waals surface area contributed by atoms with Crippen molar-refractivity contribution in [2.24, 2.45) is 10.9 Å². The number of nitrogens with zero attached hydrogens (tertiary/aromatic N) is 1. The molecule has 0 aromatic heterocycles. The van der Waals surface area contributed by atoms with E-state index in [1.807, 2.05) is 20.8 Å². The van der Waals surface area contributed by atoms with E-state index < -0.39 is 0 Å². The lowest BCUT2D eigenvalue weighted by atomic mass is 10.2. The summed E-state index contributed by atoms with van der Waals surface area (Å²) < 4.78 is 5.25. The van der Waals surface area contributed by atoms with Gasteiger partial charge in [0.15, 0.2) is 5.76 Å². The lowest BCUT2D eigenvalue weighted by molar-refractivity contribution is -0.115. The Morgan fingerprint density at radius 1 is 1.62 bits per heavy atom. The highest BCUT2D eigenvalue weighted by Gasteiger charge is 2.22. The first-order chi connectivity index (χ1) is 6.13. The summed E-state index contributed by atoms with van der Waals surface area (Å²) in [7, 11) is 0. The van der Waals surface area contributed by atoms with Gasteiger partial charge in [0, 0.05) is 0 Å². The predicted octanol–water partition coefficient (Wildman–Crippen LogP) is 2.19. The van der Waals surface area contributed by atoms with Crippen LogP contribution in [0.25, 0.3) is 0 Å². The van der Waals surface area contributed by atoms with Crippen LogP contribution in [0.5, 0.6) is 0 Å². The fourth-order valence-corrected chi connectivity index (χ4v) is 1.43. The molecule has 1 aliphatic rings. The highest BCUT2D eigenvalue weighted by Crippen LogP contribution is 2.19. The van der Waals surface area contributed by atoms with Gasteiger partial charge < -0.3 is 4.74 Å². The molecule has 0 saturated carbocycles. The first-order valence-electron chi connectivity index (χ1n) is 4.29. The Labute approximate surface area is 82.3 Å². The molecule has 0 spiro atoms. The minimum Gasteiger partial charge on any atom is -0.428 e. The van der Waals surface area contributed by atoms with Gasteiger partial charge in [0.25, 0.3) is 5.23 Å². The summed E-state index contributed by atoms with van der Waals surface area (Å²) in [4.78, 5) is 15.0. The molecule has 72 valence electrons. The van der Waals surface area contributed by atoms with Crippen LogP contribution in [-0.2, 0) is 9.53 Å². The lowest BCUT2D eigenvalue weighted by Gasteiger charge is -1.99. The molecule has 1 aliphatic heterocycles. The maximum absolute atomic E-state index is 11.2. The van der Waals surface area contributed by atoms with Crippen LogP contribution in [0.1, 0.15) is 20.8 Å². The van der Waals surface area contributed by atoms with Gasteiger partial charge in [0.05, 0.1) is 0 Å². The second-order valence-electron chi connectivity index (χ2n) is 2.99. The van der Waals surface area contributed by atoms with Crippen molar-refractivity contribution in [3.63, 3.8) is 0 Å². The van der Waals surface area contributed by atoms with Gasteiger partial charge in [-0.15, -0.1) is 0 Å². The number of amides is 1. The van der Waals surface area contributed by atoms with Crippen molar-refractivity contribution in [1.29, 1.82) is 0 Å². The molecule has 0 bridgehead atoms. The molecule has 1 rings (SSSR count). The molecular formula is C9H13NO2S. The molecule has 1 heterocycles. The second-order valence-corrected chi connectivity index (χ2v) is 4.21. The van der Waals surface area contributed by atoms with E-state index in [9.17, 15) is 4.79 Å². The van der Waals surface area contributed by atoms with Gasteiger partial charge in [-0.25, -0.2) is 0 Å². The Morgan fingerprint density at radius 3 is 2.85 bits per heavy atom. The zero-order chi connectivity index (χ0) is 9.84. The zero-order valence-corrected chi connectivity index (χ0v) is 8.85. The van der Waals surface area contributed by atoms with Crippen LogP contribution in [0.15, 0.2) is 16.8 Å². The molecule has 0 aromatic rings. The number of aliphatic imine (C=N–C) groups is 1. The minimum atomic E-state index is -0.260. The van der Waals surface area contributed by atoms with E-state index in [-0.39, 0.29) is 5.91 Å². The molecule has 3 nitrogen and oxygen atoms in total. The third kappa shape index (κ3) is 2.88. The Balaban J connectivity index is 2.64. The van der Waals surface area contributed by atoms with Gasteiger partial charge in [-0.3, -0.25) is 4.79 Å². The molecular weight excluding hydrogens is 186 g/mol. The molecule has 13 heavy (non-hydrogen) atoms. The Kier molecular flexibility index (Phi) is 3.54. The number of allylic oxidation sites excluding steroid dienone is 1. The van der Waals surface area contributed by atoms with Crippen LogP contribution in [0.2, 0.25) is 0 Å². The molecule has 0 saturated heterocycles. The van der Waals surface area contributed by atoms with Gasteiger partial charge in [0.1, 0.15) is 0 Å². The molecule has 4 heteroatoms. The van der Waals surface area contributed by atoms with E-state index in [1.54, 1.807) is 6.08 Å². The average molecular weight is 199 g/mol. The Bertz CT molecular complexity index is 269. The molecule has 1 amide bonds. The molecule has 0 N–H and O–H groups in total. The van der Waals surface area contributed by atoms with Gasteiger partial charge in [0.2, 0.25) is 0 Å². The van der Waals surface area contributed by atoms with Crippen LogP contribution in [0.4, 0.5) is 0 Å². The smallest absolute Gasteiger partial charge is 0.316 e. The molecule has 0 aliphatic carbocycles. The van der Waals surface area contributed by atoms with Crippen molar-refractivity contribution in [3.05, 3.63) is 11.8 Å². The molecule has 0 aromatic carbocycles. The Hall–Kier alpha value is -0.770. The van der Waals surface area contributed by atoms with Crippen molar-refractivity contribution in [2.75, 3.05) is 5.75 Å². The van der Waals surface area contributed by atoms with E-state index in [1.165, 1.54) is 11.8 Å². The highest BCUT2D eigenvalue weighted by atomic mass is 32.2. The zero-order valence-electron chi connectivity index (χ0n) is 8.03. The number of ether oxygens (including phenoxy) is 1. The highest BCUT2D eigenvalue weighted by molar-refractivity contribution is 8.13. The van der Waals surface area contributed by atoms with Crippen LogP contribution >= 0.6 is 11.8 Å². The summed E-state index contributed by atoms with van der Waals surface area (Å²) in [5.74, 6) is 1.27. The monoisotopic (exact) mass is 199 g/mol. The van der Waals surface area contributed by atoms with E-state index in [4.69, 9.17) is 4.74 Å². The number of hydrogen-bond acceptors (Lipinski definition) is 3. The van der Waals surface area contributed by atoms with Gasteiger partial charge >= 0.3 is 5.91 Å². The standard InChI is InChI=1S/C9H13NO2S/c1-4-13-9-10-8(11)7(12-9)5-6(2)3/h5-6H,4H2,1-3H3/b7-5-. The van der Waals surface area contributed by atoms with E-state index >= 15 is 0 Å². The molecule has 0 atom stereocenters. The summed E-state index contributed by atoms with van der Waals surface area (Å²) in [5.41, 5.74) is 0. The van der Waals surface area contributed by atoms with Gasteiger partial charge in [-0.05, 0) is 17.7 Å².